The molecule has 0 saturated heterocycles. The van der Waals surface area contributed by atoms with Gasteiger partial charge in [0.1, 0.15) is 0 Å². The molecular formula is C10H16ClN3. The Kier molecular flexibility index (Phi) is 2.79. The van der Waals surface area contributed by atoms with Crippen molar-refractivity contribution in [1.82, 2.24) is 9.78 Å². The van der Waals surface area contributed by atoms with Crippen molar-refractivity contribution in [3.63, 3.8) is 0 Å². The summed E-state index contributed by atoms with van der Waals surface area (Å²) in [6, 6.07) is 0.352. The molecule has 0 aromatic carbocycles. The van der Waals surface area contributed by atoms with Crippen LogP contribution in [0.4, 0.5) is 0 Å². The first-order valence-electron chi connectivity index (χ1n) is 5.17. The van der Waals surface area contributed by atoms with E-state index in [1.54, 1.807) is 0 Å². The van der Waals surface area contributed by atoms with Gasteiger partial charge in [0.25, 0.3) is 0 Å². The van der Waals surface area contributed by atoms with Crippen molar-refractivity contribution in [1.29, 1.82) is 0 Å². The van der Waals surface area contributed by atoms with E-state index >= 15 is 0 Å². The maximum atomic E-state index is 6.11. The van der Waals surface area contributed by atoms with Gasteiger partial charge >= 0.3 is 0 Å². The normalized spacial score (nSPS) is 18.5. The van der Waals surface area contributed by atoms with Gasteiger partial charge in [0, 0.05) is 12.1 Å². The predicted octanol–water partition coefficient (Wildman–Crippen LogP) is 2.32. The van der Waals surface area contributed by atoms with Crippen LogP contribution in [0.1, 0.15) is 43.8 Å². The first-order valence-corrected chi connectivity index (χ1v) is 5.54. The molecule has 1 heterocycles. The van der Waals surface area contributed by atoms with Crippen LogP contribution in [-0.4, -0.2) is 16.3 Å². The van der Waals surface area contributed by atoms with E-state index in [0.29, 0.717) is 18.5 Å². The van der Waals surface area contributed by atoms with Gasteiger partial charge in [-0.25, -0.2) is 0 Å². The number of nitrogens with zero attached hydrogens (tertiary/aromatic N) is 2. The third-order valence-corrected chi connectivity index (χ3v) is 3.00. The Morgan fingerprint density at radius 2 is 2.43 bits per heavy atom. The number of halogens is 1. The molecule has 4 heteroatoms. The minimum Gasteiger partial charge on any atom is -0.330 e. The quantitative estimate of drug-likeness (QED) is 0.835. The van der Waals surface area contributed by atoms with Crippen molar-refractivity contribution in [2.75, 3.05) is 6.54 Å². The predicted molar refractivity (Wildman–Crippen MR) is 57.6 cm³/mol. The van der Waals surface area contributed by atoms with Crippen LogP contribution in [-0.2, 0) is 0 Å². The molecule has 1 aromatic heterocycles. The molecule has 1 fully saturated rings. The van der Waals surface area contributed by atoms with Crippen LogP contribution in [0.3, 0.4) is 0 Å². The zero-order valence-corrected chi connectivity index (χ0v) is 9.17. The summed E-state index contributed by atoms with van der Waals surface area (Å²) in [7, 11) is 0. The molecule has 78 valence electrons. The monoisotopic (exact) mass is 213 g/mol. The van der Waals surface area contributed by atoms with Crippen molar-refractivity contribution in [2.45, 2.75) is 38.1 Å². The summed E-state index contributed by atoms with van der Waals surface area (Å²) in [5.74, 6) is 0.619. The van der Waals surface area contributed by atoms with Crippen molar-refractivity contribution >= 4 is 11.6 Å². The van der Waals surface area contributed by atoms with E-state index in [2.05, 4.69) is 12.0 Å². The van der Waals surface area contributed by atoms with Gasteiger partial charge in [0.15, 0.2) is 0 Å². The molecule has 0 spiro atoms. The molecule has 1 atom stereocenters. The zero-order chi connectivity index (χ0) is 10.1. The second kappa shape index (κ2) is 3.91. The molecule has 0 amide bonds. The van der Waals surface area contributed by atoms with Crippen molar-refractivity contribution in [3.8, 4) is 0 Å². The number of aromatic nitrogens is 2. The fourth-order valence-corrected chi connectivity index (χ4v) is 1.91. The summed E-state index contributed by atoms with van der Waals surface area (Å²) in [6.45, 7) is 2.81. The second-order valence-electron chi connectivity index (χ2n) is 4.04. The Morgan fingerprint density at radius 3 is 3.00 bits per heavy atom. The van der Waals surface area contributed by atoms with Gasteiger partial charge in [-0.05, 0) is 32.7 Å². The molecule has 1 aromatic rings. The number of hydrogen-bond acceptors (Lipinski definition) is 2. The molecule has 1 aliphatic carbocycles. The smallest absolute Gasteiger partial charge is 0.0841 e. The van der Waals surface area contributed by atoms with Crippen molar-refractivity contribution < 1.29 is 0 Å². The largest absolute Gasteiger partial charge is 0.330 e. The lowest BCUT2D eigenvalue weighted by Crippen LogP contribution is -2.11. The lowest BCUT2D eigenvalue weighted by Gasteiger charge is -2.09. The van der Waals surface area contributed by atoms with Gasteiger partial charge in [0.05, 0.1) is 16.8 Å². The maximum absolute atomic E-state index is 6.11. The van der Waals surface area contributed by atoms with Crippen LogP contribution >= 0.6 is 11.6 Å². The van der Waals surface area contributed by atoms with E-state index in [0.717, 1.165) is 17.1 Å². The van der Waals surface area contributed by atoms with E-state index in [1.165, 1.54) is 12.8 Å². The van der Waals surface area contributed by atoms with E-state index in [9.17, 15) is 0 Å². The first kappa shape index (κ1) is 9.99. The summed E-state index contributed by atoms with van der Waals surface area (Å²) in [6.07, 6.45) is 5.35. The standard InChI is InChI=1S/C10H16ClN3/c1-7(4-5-12)14-6-9(11)10(13-14)8-2-3-8/h6-8H,2-5,12H2,1H3. The van der Waals surface area contributed by atoms with Crippen LogP contribution < -0.4 is 5.73 Å². The molecule has 2 N–H and O–H groups in total. The Labute approximate surface area is 89.2 Å². The lowest BCUT2D eigenvalue weighted by atomic mass is 10.2. The van der Waals surface area contributed by atoms with Gasteiger partial charge in [0.2, 0.25) is 0 Å². The number of rotatable bonds is 4. The average Bonchev–Trinajstić information content (AvgIpc) is 2.91. The SMILES string of the molecule is CC(CCN)n1cc(Cl)c(C2CC2)n1. The van der Waals surface area contributed by atoms with Crippen LogP contribution in [0.25, 0.3) is 0 Å². The average molecular weight is 214 g/mol. The highest BCUT2D eigenvalue weighted by Gasteiger charge is 2.29. The minimum atomic E-state index is 0.352. The maximum Gasteiger partial charge on any atom is 0.0841 e. The molecular weight excluding hydrogens is 198 g/mol. The van der Waals surface area contributed by atoms with Crippen LogP contribution in [0, 0.1) is 0 Å². The molecule has 0 bridgehead atoms. The molecule has 2 rings (SSSR count). The Morgan fingerprint density at radius 1 is 1.71 bits per heavy atom. The third-order valence-electron chi connectivity index (χ3n) is 2.71. The van der Waals surface area contributed by atoms with Crippen LogP contribution in [0.2, 0.25) is 5.02 Å². The van der Waals surface area contributed by atoms with E-state index < -0.39 is 0 Å². The van der Waals surface area contributed by atoms with Gasteiger partial charge in [-0.15, -0.1) is 0 Å². The van der Waals surface area contributed by atoms with Crippen molar-refractivity contribution in [3.05, 3.63) is 16.9 Å². The van der Waals surface area contributed by atoms with Crippen LogP contribution in [0.5, 0.6) is 0 Å². The molecule has 14 heavy (non-hydrogen) atoms. The van der Waals surface area contributed by atoms with E-state index in [1.807, 2.05) is 10.9 Å². The Bertz CT molecular complexity index is 317. The zero-order valence-electron chi connectivity index (χ0n) is 8.41. The Hall–Kier alpha value is -0.540. The molecule has 0 radical (unpaired) electrons. The van der Waals surface area contributed by atoms with Gasteiger partial charge in [-0.3, -0.25) is 4.68 Å². The summed E-state index contributed by atoms with van der Waals surface area (Å²) in [5.41, 5.74) is 6.59. The van der Waals surface area contributed by atoms with Gasteiger partial charge < -0.3 is 5.73 Å². The number of hydrogen-bond donors (Lipinski definition) is 1. The summed E-state index contributed by atoms with van der Waals surface area (Å²) >= 11 is 6.11. The molecule has 1 unspecified atom stereocenters. The lowest BCUT2D eigenvalue weighted by molar-refractivity contribution is 0.461. The highest BCUT2D eigenvalue weighted by Crippen LogP contribution is 2.42. The van der Waals surface area contributed by atoms with Crippen molar-refractivity contribution in [2.24, 2.45) is 5.73 Å². The van der Waals surface area contributed by atoms with E-state index in [4.69, 9.17) is 17.3 Å². The van der Waals surface area contributed by atoms with E-state index in [-0.39, 0.29) is 0 Å². The topological polar surface area (TPSA) is 43.8 Å². The summed E-state index contributed by atoms with van der Waals surface area (Å²) in [4.78, 5) is 0. The van der Waals surface area contributed by atoms with Gasteiger partial charge in [-0.2, -0.15) is 5.10 Å². The number of nitrogens with two attached hydrogens (primary N) is 1. The molecule has 0 aliphatic heterocycles. The summed E-state index contributed by atoms with van der Waals surface area (Å²) < 4.78 is 1.95. The Balaban J connectivity index is 2.14. The van der Waals surface area contributed by atoms with Crippen LogP contribution in [0.15, 0.2) is 6.20 Å². The highest BCUT2D eigenvalue weighted by molar-refractivity contribution is 6.31. The highest BCUT2D eigenvalue weighted by atomic mass is 35.5. The first-order chi connectivity index (χ1) is 6.72. The third kappa shape index (κ3) is 1.93. The minimum absolute atomic E-state index is 0.352. The molecule has 1 saturated carbocycles. The second-order valence-corrected chi connectivity index (χ2v) is 4.45. The molecule has 1 aliphatic rings. The summed E-state index contributed by atoms with van der Waals surface area (Å²) in [5, 5.41) is 5.34. The molecule has 3 nitrogen and oxygen atoms in total. The fraction of sp³-hybridized carbons (Fsp3) is 0.700. The fourth-order valence-electron chi connectivity index (χ4n) is 1.62. The van der Waals surface area contributed by atoms with Gasteiger partial charge in [-0.1, -0.05) is 11.6 Å².